The standard InChI is InChI=1S/C15H30O2.H3N/c1-3-5-7-8-9-10-11-13-14(15(16)17)12-6-4-2;/h14H,3-13H2,1-2H3,(H,16,17);1H3. The van der Waals surface area contributed by atoms with E-state index in [0.717, 1.165) is 32.1 Å². The van der Waals surface area contributed by atoms with Crippen molar-refractivity contribution < 1.29 is 9.90 Å². The summed E-state index contributed by atoms with van der Waals surface area (Å²) >= 11 is 0. The fourth-order valence-corrected chi connectivity index (χ4v) is 2.19. The van der Waals surface area contributed by atoms with Gasteiger partial charge < -0.3 is 11.3 Å². The van der Waals surface area contributed by atoms with Gasteiger partial charge in [0, 0.05) is 0 Å². The van der Waals surface area contributed by atoms with Crippen LogP contribution in [0.4, 0.5) is 0 Å². The van der Waals surface area contributed by atoms with Gasteiger partial charge in [-0.05, 0) is 12.8 Å². The summed E-state index contributed by atoms with van der Waals surface area (Å²) in [5.74, 6) is -0.685. The Kier molecular flexibility index (Phi) is 15.9. The molecule has 1 atom stereocenters. The lowest BCUT2D eigenvalue weighted by Crippen LogP contribution is -2.13. The number of hydrogen-bond acceptors (Lipinski definition) is 2. The largest absolute Gasteiger partial charge is 0.481 e. The molecule has 18 heavy (non-hydrogen) atoms. The Morgan fingerprint density at radius 1 is 0.833 bits per heavy atom. The van der Waals surface area contributed by atoms with Gasteiger partial charge >= 0.3 is 5.97 Å². The van der Waals surface area contributed by atoms with Crippen LogP contribution in [0.1, 0.15) is 84.5 Å². The molecule has 110 valence electrons. The second-order valence-electron chi connectivity index (χ2n) is 5.09. The van der Waals surface area contributed by atoms with Crippen LogP contribution in [0.15, 0.2) is 0 Å². The molecule has 0 amide bonds. The van der Waals surface area contributed by atoms with E-state index < -0.39 is 5.97 Å². The van der Waals surface area contributed by atoms with E-state index in [-0.39, 0.29) is 12.1 Å². The minimum Gasteiger partial charge on any atom is -0.481 e. The first-order valence-electron chi connectivity index (χ1n) is 7.45. The highest BCUT2D eigenvalue weighted by atomic mass is 16.4. The van der Waals surface area contributed by atoms with E-state index in [1.807, 2.05) is 0 Å². The molecule has 0 aliphatic heterocycles. The van der Waals surface area contributed by atoms with Gasteiger partial charge in [-0.15, -0.1) is 0 Å². The fourth-order valence-electron chi connectivity index (χ4n) is 2.19. The van der Waals surface area contributed by atoms with Crippen molar-refractivity contribution >= 4 is 5.97 Å². The van der Waals surface area contributed by atoms with Gasteiger partial charge in [0.1, 0.15) is 0 Å². The summed E-state index contributed by atoms with van der Waals surface area (Å²) in [6, 6.07) is 0. The molecule has 0 aromatic heterocycles. The van der Waals surface area contributed by atoms with E-state index in [2.05, 4.69) is 13.8 Å². The van der Waals surface area contributed by atoms with Crippen LogP contribution in [0.25, 0.3) is 0 Å². The molecule has 0 aliphatic carbocycles. The summed E-state index contributed by atoms with van der Waals surface area (Å²) in [7, 11) is 0. The van der Waals surface area contributed by atoms with Crippen molar-refractivity contribution in [1.82, 2.24) is 6.15 Å². The Balaban J connectivity index is 0. The van der Waals surface area contributed by atoms with Crippen molar-refractivity contribution in [2.75, 3.05) is 0 Å². The molecule has 0 aromatic carbocycles. The summed E-state index contributed by atoms with van der Waals surface area (Å²) in [4.78, 5) is 11.0. The van der Waals surface area contributed by atoms with Crippen LogP contribution in [0.2, 0.25) is 0 Å². The smallest absolute Gasteiger partial charge is 0.306 e. The minimum absolute atomic E-state index is 0. The maximum Gasteiger partial charge on any atom is 0.306 e. The second-order valence-corrected chi connectivity index (χ2v) is 5.09. The van der Waals surface area contributed by atoms with E-state index in [9.17, 15) is 4.79 Å². The summed E-state index contributed by atoms with van der Waals surface area (Å²) in [5, 5.41) is 9.07. The number of carboxylic acid groups (broad SMARTS) is 1. The topological polar surface area (TPSA) is 72.3 Å². The molecule has 3 nitrogen and oxygen atoms in total. The first-order chi connectivity index (χ1) is 8.22. The summed E-state index contributed by atoms with van der Waals surface area (Å²) in [6.07, 6.45) is 12.8. The molecule has 0 heterocycles. The third-order valence-corrected chi connectivity index (χ3v) is 3.41. The highest BCUT2D eigenvalue weighted by Gasteiger charge is 2.15. The molecule has 0 fully saturated rings. The molecular weight excluding hydrogens is 226 g/mol. The molecule has 0 saturated carbocycles. The Bertz CT molecular complexity index is 183. The van der Waals surface area contributed by atoms with Crippen LogP contribution in [0.3, 0.4) is 0 Å². The third-order valence-electron chi connectivity index (χ3n) is 3.41. The normalized spacial score (nSPS) is 11.9. The summed E-state index contributed by atoms with van der Waals surface area (Å²) < 4.78 is 0. The fraction of sp³-hybridized carbons (Fsp3) is 0.933. The zero-order chi connectivity index (χ0) is 12.9. The van der Waals surface area contributed by atoms with Crippen molar-refractivity contribution in [3.8, 4) is 0 Å². The Morgan fingerprint density at radius 3 is 1.78 bits per heavy atom. The predicted molar refractivity (Wildman–Crippen MR) is 78.3 cm³/mol. The zero-order valence-corrected chi connectivity index (χ0v) is 12.4. The van der Waals surface area contributed by atoms with Crippen LogP contribution in [-0.4, -0.2) is 11.1 Å². The lowest BCUT2D eigenvalue weighted by atomic mass is 9.95. The predicted octanol–water partition coefficient (Wildman–Crippen LogP) is 5.18. The molecule has 1 unspecified atom stereocenters. The molecule has 0 aliphatic rings. The van der Waals surface area contributed by atoms with E-state index in [1.54, 1.807) is 0 Å². The molecule has 0 aromatic rings. The zero-order valence-electron chi connectivity index (χ0n) is 12.4. The van der Waals surface area contributed by atoms with E-state index in [0.29, 0.717) is 0 Å². The molecule has 3 heteroatoms. The van der Waals surface area contributed by atoms with Gasteiger partial charge in [-0.3, -0.25) is 4.79 Å². The number of rotatable bonds is 12. The van der Waals surface area contributed by atoms with Crippen LogP contribution in [0.5, 0.6) is 0 Å². The lowest BCUT2D eigenvalue weighted by molar-refractivity contribution is -0.142. The van der Waals surface area contributed by atoms with Crippen LogP contribution >= 0.6 is 0 Å². The first kappa shape index (κ1) is 19.8. The third kappa shape index (κ3) is 11.9. The summed E-state index contributed by atoms with van der Waals surface area (Å²) in [6.45, 7) is 4.35. The van der Waals surface area contributed by atoms with Crippen LogP contribution in [0, 0.1) is 5.92 Å². The van der Waals surface area contributed by atoms with Gasteiger partial charge in [0.25, 0.3) is 0 Å². The Hall–Kier alpha value is -0.570. The van der Waals surface area contributed by atoms with Gasteiger partial charge in [0.15, 0.2) is 0 Å². The van der Waals surface area contributed by atoms with Gasteiger partial charge in [0.05, 0.1) is 5.92 Å². The van der Waals surface area contributed by atoms with Crippen LogP contribution < -0.4 is 6.15 Å². The number of hydrogen-bond donors (Lipinski definition) is 2. The van der Waals surface area contributed by atoms with Gasteiger partial charge in [-0.2, -0.15) is 0 Å². The SMILES string of the molecule is CCCCCCCCCC(CCCC)C(=O)O.N. The first-order valence-corrected chi connectivity index (χ1v) is 7.45. The van der Waals surface area contributed by atoms with Crippen molar-refractivity contribution in [3.63, 3.8) is 0 Å². The van der Waals surface area contributed by atoms with Crippen LogP contribution in [-0.2, 0) is 4.79 Å². The van der Waals surface area contributed by atoms with Crippen molar-refractivity contribution in [2.45, 2.75) is 84.5 Å². The van der Waals surface area contributed by atoms with Crippen molar-refractivity contribution in [3.05, 3.63) is 0 Å². The molecule has 0 bridgehead atoms. The van der Waals surface area contributed by atoms with Gasteiger partial charge in [-0.1, -0.05) is 71.6 Å². The Morgan fingerprint density at radius 2 is 1.28 bits per heavy atom. The molecular formula is C15H33NO2. The average molecular weight is 259 g/mol. The number of unbranched alkanes of at least 4 members (excludes halogenated alkanes) is 7. The highest BCUT2D eigenvalue weighted by Crippen LogP contribution is 2.18. The number of carboxylic acids is 1. The summed E-state index contributed by atoms with van der Waals surface area (Å²) in [5.41, 5.74) is 0. The molecule has 0 saturated heterocycles. The lowest BCUT2D eigenvalue weighted by Gasteiger charge is -2.11. The maximum atomic E-state index is 11.0. The number of carbonyl (C=O) groups is 1. The van der Waals surface area contributed by atoms with Crippen molar-refractivity contribution in [2.24, 2.45) is 5.92 Å². The maximum absolute atomic E-state index is 11.0. The van der Waals surface area contributed by atoms with Gasteiger partial charge in [-0.25, -0.2) is 0 Å². The van der Waals surface area contributed by atoms with E-state index >= 15 is 0 Å². The highest BCUT2D eigenvalue weighted by molar-refractivity contribution is 5.69. The van der Waals surface area contributed by atoms with Crippen molar-refractivity contribution in [1.29, 1.82) is 0 Å². The van der Waals surface area contributed by atoms with E-state index in [1.165, 1.54) is 38.5 Å². The average Bonchev–Trinajstić information content (AvgIpc) is 2.31. The molecule has 0 spiro atoms. The monoisotopic (exact) mass is 259 g/mol. The molecule has 0 rings (SSSR count). The van der Waals surface area contributed by atoms with Gasteiger partial charge in [0.2, 0.25) is 0 Å². The van der Waals surface area contributed by atoms with E-state index in [4.69, 9.17) is 5.11 Å². The minimum atomic E-state index is -0.593. The Labute approximate surface area is 113 Å². The number of aliphatic carboxylic acids is 1. The second kappa shape index (κ2) is 14.5. The molecule has 4 N–H and O–H groups in total. The molecule has 0 radical (unpaired) electrons. The quantitative estimate of drug-likeness (QED) is 0.474.